The van der Waals surface area contributed by atoms with E-state index in [0.717, 1.165) is 58.0 Å². The summed E-state index contributed by atoms with van der Waals surface area (Å²) in [5, 5.41) is 56.9. The summed E-state index contributed by atoms with van der Waals surface area (Å²) in [4.78, 5) is 101. The molecule has 0 radical (unpaired) electrons. The van der Waals surface area contributed by atoms with Gasteiger partial charge in [0.15, 0.2) is 70.8 Å². The maximum Gasteiger partial charge on any atom is 0.472 e. The van der Waals surface area contributed by atoms with Crippen molar-refractivity contribution in [3.63, 3.8) is 0 Å². The number of hydrogen-bond donors (Lipinski definition) is 14. The molecule has 492 valence electrons. The van der Waals surface area contributed by atoms with Crippen molar-refractivity contribution in [3.8, 4) is 0 Å². The first-order valence-electron chi connectivity index (χ1n) is 26.4. The van der Waals surface area contributed by atoms with E-state index in [9.17, 15) is 68.3 Å². The minimum absolute atomic E-state index is 0.0133. The average Bonchev–Trinajstić information content (AvgIpc) is 1.77. The number of hydrogen-bond acceptors (Lipinski definition) is 36. The number of nitrogen functional groups attached to an aromatic ring is 4. The number of nitrogens with two attached hydrogens (primary N) is 4. The predicted molar refractivity (Wildman–Crippen MR) is 294 cm³/mol. The maximum atomic E-state index is 14.2. The molecule has 8 aromatic rings. The van der Waals surface area contributed by atoms with Crippen molar-refractivity contribution in [2.24, 2.45) is 0 Å². The van der Waals surface area contributed by atoms with Gasteiger partial charge in [-0.05, 0) is 0 Å². The first-order chi connectivity index (χ1) is 43.2. The van der Waals surface area contributed by atoms with Crippen LogP contribution in [0.2, 0.25) is 0 Å². The Morgan fingerprint density at radius 1 is 0.396 bits per heavy atom. The summed E-state index contributed by atoms with van der Waals surface area (Å²) in [6, 6.07) is 0. The molecule has 4 aliphatic heterocycles. The van der Waals surface area contributed by atoms with Gasteiger partial charge in [-0.1, -0.05) is 0 Å². The highest BCUT2D eigenvalue weighted by molar-refractivity contribution is 7.52. The highest BCUT2D eigenvalue weighted by Crippen LogP contribution is 2.54. The molecule has 45 nitrogen and oxygen atoms in total. The monoisotopic (exact) mass is 1360 g/mol. The first-order valence-corrected chi connectivity index (χ1v) is 33.0. The van der Waals surface area contributed by atoms with E-state index in [1.54, 1.807) is 0 Å². The molecule has 0 spiro atoms. The van der Waals surface area contributed by atoms with Crippen LogP contribution in [-0.4, -0.2) is 240 Å². The van der Waals surface area contributed by atoms with Crippen molar-refractivity contribution in [3.05, 3.63) is 50.6 Å². The Kier molecular flexibility index (Phi) is 17.8. The fourth-order valence-electron chi connectivity index (χ4n) is 10.4. The van der Waals surface area contributed by atoms with E-state index < -0.39 is 168 Å². The maximum absolute atomic E-state index is 14.2. The van der Waals surface area contributed by atoms with Crippen LogP contribution in [0.25, 0.3) is 44.7 Å². The van der Waals surface area contributed by atoms with Gasteiger partial charge in [-0.2, -0.15) is 0 Å². The highest BCUT2D eigenvalue weighted by atomic mass is 31.2. The third-order valence-corrected chi connectivity index (χ3v) is 18.2. The summed E-state index contributed by atoms with van der Waals surface area (Å²) in [5.41, 5.74) is 24.1. The molecular formula is C42H54N20O25P4. The lowest BCUT2D eigenvalue weighted by atomic mass is 10.1. The summed E-state index contributed by atoms with van der Waals surface area (Å²) < 4.78 is 120. The van der Waals surface area contributed by atoms with Crippen LogP contribution in [0.5, 0.6) is 0 Å². The molecule has 49 heteroatoms. The molecule has 0 amide bonds. The zero-order valence-corrected chi connectivity index (χ0v) is 49.5. The van der Waals surface area contributed by atoms with Crippen LogP contribution in [0.15, 0.2) is 50.6 Å². The van der Waals surface area contributed by atoms with Gasteiger partial charge in [-0.25, -0.2) is 68.9 Å². The van der Waals surface area contributed by atoms with Crippen LogP contribution >= 0.6 is 30.8 Å². The number of aliphatic hydroxyl groups excluding tert-OH is 5. The Morgan fingerprint density at radius 3 is 1.07 bits per heavy atom. The van der Waals surface area contributed by atoms with E-state index in [2.05, 4.69) is 59.8 Å². The number of rotatable bonds is 24. The van der Waals surface area contributed by atoms with Crippen molar-refractivity contribution in [1.82, 2.24) is 78.1 Å². The first kappa shape index (κ1) is 64.6. The van der Waals surface area contributed by atoms with Crippen LogP contribution in [0.3, 0.4) is 0 Å². The Bertz CT molecular complexity index is 4190. The van der Waals surface area contributed by atoms with E-state index in [4.69, 9.17) is 74.0 Å². The van der Waals surface area contributed by atoms with Crippen LogP contribution in [0.1, 0.15) is 24.9 Å². The molecule has 4 aliphatic rings. The van der Waals surface area contributed by atoms with Gasteiger partial charge < -0.3 is 101 Å². The SMILES string of the molecule is Nc1ncnc2c1ncn2[C@@H]1O[C@H](COCP(=O)(O)O[C@@H]2[C@H](O)[C@@H](COP(=O)(O)O[C@@H]3[C@H](O)[C@@H](COP(=O)(O)O[C@@H]4[C@@H](O)[C@@H](COCP(=O)(O)O)O[C@H]4n4cnc5c(N)ncnc54)O[C@H]3n3cnc4c(N)ncnc43)O[C@H]2n2cnc3c(N)ncnc32)[C@H](O)[C@H]1O. The summed E-state index contributed by atoms with van der Waals surface area (Å²) in [6.07, 6.45) is -21.1. The third-order valence-electron chi connectivity index (χ3n) is 14.6. The lowest BCUT2D eigenvalue weighted by molar-refractivity contribution is -0.0665. The van der Waals surface area contributed by atoms with E-state index in [-0.39, 0.29) is 67.9 Å². The third kappa shape index (κ3) is 13.0. The summed E-state index contributed by atoms with van der Waals surface area (Å²) in [6.45, 7) is -3.50. The fraction of sp³-hybridized carbons (Fsp3) is 0.524. The normalized spacial score (nSPS) is 30.9. The van der Waals surface area contributed by atoms with E-state index >= 15 is 0 Å². The van der Waals surface area contributed by atoms with Crippen LogP contribution < -0.4 is 22.9 Å². The fourth-order valence-corrected chi connectivity index (χ4v) is 13.6. The minimum Gasteiger partial charge on any atom is -0.387 e. The number of imidazole rings is 4. The van der Waals surface area contributed by atoms with Crippen molar-refractivity contribution < 1.29 is 119 Å². The second-order valence-corrected chi connectivity index (χ2v) is 26.7. The summed E-state index contributed by atoms with van der Waals surface area (Å²) in [7, 11) is -20.9. The number of fused-ring (bicyclic) bond motifs is 4. The van der Waals surface area contributed by atoms with Gasteiger partial charge >= 0.3 is 30.8 Å². The van der Waals surface area contributed by atoms with Gasteiger partial charge in [0.1, 0.15) is 133 Å². The van der Waals surface area contributed by atoms with E-state index in [1.807, 2.05) is 0 Å². The Morgan fingerprint density at radius 2 is 0.703 bits per heavy atom. The lowest BCUT2D eigenvalue weighted by Gasteiger charge is -2.25. The van der Waals surface area contributed by atoms with Crippen LogP contribution in [0, 0.1) is 0 Å². The molecule has 12 heterocycles. The predicted octanol–water partition coefficient (Wildman–Crippen LogP) is -4.23. The number of ether oxygens (including phenoxy) is 6. The topological polar surface area (TPSA) is 651 Å². The lowest BCUT2D eigenvalue weighted by Crippen LogP contribution is -2.37. The number of nitrogens with zero attached hydrogens (tertiary/aromatic N) is 16. The second kappa shape index (κ2) is 25.1. The smallest absolute Gasteiger partial charge is 0.387 e. The molecule has 0 bridgehead atoms. The molecule has 0 aliphatic carbocycles. The van der Waals surface area contributed by atoms with Gasteiger partial charge in [0.05, 0.1) is 51.7 Å². The van der Waals surface area contributed by atoms with E-state index in [1.165, 1.54) is 10.9 Å². The van der Waals surface area contributed by atoms with E-state index in [0.29, 0.717) is 0 Å². The van der Waals surface area contributed by atoms with Crippen molar-refractivity contribution in [1.29, 1.82) is 0 Å². The minimum atomic E-state index is -5.60. The van der Waals surface area contributed by atoms with Crippen LogP contribution in [0.4, 0.5) is 23.3 Å². The van der Waals surface area contributed by atoms with Crippen molar-refractivity contribution in [2.75, 3.05) is 62.1 Å². The standard InChI is InChI=1S/C42H54N20O25P4/c43-31-19-35(51-5-47-31)59(9-55-19)39-27(67)23(63)15(81-39)1-78-14-89(71,72)85-28-25(65)17(83-40(28)60-10-56-20-32(44)48-6-52-36(20)60)3-79-91(75,76)87-30-26(66)18(84-42(30)62-12-58-22-34(46)50-8-54-38(22)62)4-80-90(73,74)86-29-24(64)16(2-77-13-88(68,69)70)82-41(29)61-11-57-21-33(45)49-7-53-37(21)61/h5-12,15-18,23-30,39-42,63-67H,1-4,13-14H2,(H,71,72)(H,73,74)(H,75,76)(H2,43,47,51)(H2,44,48,52)(H2,45,49,53)(H2,46,50,54)(H2,68,69,70)/t15-,16-,17-,18-,23+,24+,25-,26-,27-,28-,29-,30-,39-,40-,41-,42-/m1/s1. The van der Waals surface area contributed by atoms with Gasteiger partial charge in [-0.15, -0.1) is 0 Å². The largest absolute Gasteiger partial charge is 0.472 e. The molecule has 19 atom stereocenters. The molecular weight excluding hydrogens is 1310 g/mol. The zero-order valence-electron chi connectivity index (χ0n) is 45.9. The van der Waals surface area contributed by atoms with Gasteiger partial charge in [-0.3, -0.25) is 50.0 Å². The molecule has 3 unspecified atom stereocenters. The van der Waals surface area contributed by atoms with Crippen molar-refractivity contribution in [2.45, 2.75) is 98.2 Å². The molecule has 4 saturated heterocycles. The summed E-state index contributed by atoms with van der Waals surface area (Å²) in [5.74, 6) is -0.304. The molecule has 0 aromatic carbocycles. The number of phosphoric acid groups is 2. The molecule has 0 saturated carbocycles. The van der Waals surface area contributed by atoms with Gasteiger partial charge in [0.2, 0.25) is 0 Å². The van der Waals surface area contributed by atoms with Gasteiger partial charge in [0.25, 0.3) is 0 Å². The number of phosphoric ester groups is 2. The number of anilines is 4. The Hall–Kier alpha value is -6.52. The molecule has 91 heavy (non-hydrogen) atoms. The molecule has 4 fully saturated rings. The number of aliphatic hydroxyl groups is 5. The summed E-state index contributed by atoms with van der Waals surface area (Å²) >= 11 is 0. The number of aromatic nitrogens is 16. The van der Waals surface area contributed by atoms with Crippen LogP contribution in [-0.2, 0) is 69.3 Å². The zero-order chi connectivity index (χ0) is 64.6. The highest BCUT2D eigenvalue weighted by Gasteiger charge is 2.55. The van der Waals surface area contributed by atoms with Gasteiger partial charge in [0, 0.05) is 0 Å². The Labute approximate surface area is 505 Å². The molecule has 18 N–H and O–H groups in total. The second-order valence-electron chi connectivity index (χ2n) is 20.6. The quantitative estimate of drug-likeness (QED) is 0.0255. The average molecular weight is 1360 g/mol. The van der Waals surface area contributed by atoms with Crippen molar-refractivity contribution >= 4 is 98.8 Å². The molecule has 12 rings (SSSR count). The Balaban J connectivity index is 0.738. The molecule has 8 aromatic heterocycles.